The second kappa shape index (κ2) is 8.67. The van der Waals surface area contributed by atoms with Crippen LogP contribution in [0.1, 0.15) is 53.1 Å². The van der Waals surface area contributed by atoms with Crippen LogP contribution in [0.4, 0.5) is 5.00 Å². The second-order valence-corrected chi connectivity index (χ2v) is 9.63. The molecule has 4 N–H and O–H groups in total. The van der Waals surface area contributed by atoms with Crippen LogP contribution < -0.4 is 11.1 Å². The van der Waals surface area contributed by atoms with Gasteiger partial charge in [-0.2, -0.15) is 0 Å². The standard InChI is InChI=1S/C24H28N2O4S/c1-11-6-7-16(8-12(11)2)19-15(5)31-23(20(19)21(25)27)26-22(28)17-9-13(3)14(4)10-18(17)24(29)30/h6-8,17-18H,9-10H2,1-5H3,(H2,25,27)(H,26,28)(H,29,30)/t17-,18-/m1/s1. The molecule has 0 bridgehead atoms. The van der Waals surface area contributed by atoms with E-state index in [2.05, 4.69) is 5.32 Å². The van der Waals surface area contributed by atoms with Gasteiger partial charge in [0.05, 0.1) is 17.4 Å². The van der Waals surface area contributed by atoms with Crippen LogP contribution in [0.5, 0.6) is 0 Å². The number of nitrogens with two attached hydrogens (primary N) is 1. The number of carboxylic acids is 1. The van der Waals surface area contributed by atoms with E-state index in [0.29, 0.717) is 23.4 Å². The highest BCUT2D eigenvalue weighted by atomic mass is 32.1. The van der Waals surface area contributed by atoms with Gasteiger partial charge >= 0.3 is 5.97 Å². The summed E-state index contributed by atoms with van der Waals surface area (Å²) in [5.74, 6) is -3.50. The molecule has 6 nitrogen and oxygen atoms in total. The van der Waals surface area contributed by atoms with Crippen molar-refractivity contribution in [1.29, 1.82) is 0 Å². The summed E-state index contributed by atoms with van der Waals surface area (Å²) in [6.45, 7) is 9.73. The highest BCUT2D eigenvalue weighted by molar-refractivity contribution is 7.17. The van der Waals surface area contributed by atoms with Crippen LogP contribution in [0.15, 0.2) is 29.3 Å². The molecule has 1 aliphatic rings. The zero-order valence-corrected chi connectivity index (χ0v) is 19.3. The number of hydrogen-bond acceptors (Lipinski definition) is 4. The molecule has 0 saturated carbocycles. The Balaban J connectivity index is 2.00. The third-order valence-corrected chi connectivity index (χ3v) is 7.30. The summed E-state index contributed by atoms with van der Waals surface area (Å²) in [6, 6.07) is 5.93. The largest absolute Gasteiger partial charge is 0.481 e. The molecule has 0 aliphatic heterocycles. The van der Waals surface area contributed by atoms with Crippen molar-refractivity contribution in [3.05, 3.63) is 50.9 Å². The monoisotopic (exact) mass is 440 g/mol. The van der Waals surface area contributed by atoms with Crippen LogP contribution >= 0.6 is 11.3 Å². The van der Waals surface area contributed by atoms with Crippen molar-refractivity contribution in [3.63, 3.8) is 0 Å². The van der Waals surface area contributed by atoms with E-state index >= 15 is 0 Å². The van der Waals surface area contributed by atoms with Crippen LogP contribution in [0, 0.1) is 32.6 Å². The number of aliphatic carboxylic acids is 1. The number of carbonyl (C=O) groups is 3. The lowest BCUT2D eigenvalue weighted by Gasteiger charge is -2.29. The molecule has 31 heavy (non-hydrogen) atoms. The lowest BCUT2D eigenvalue weighted by Crippen LogP contribution is -2.36. The molecule has 0 radical (unpaired) electrons. The minimum Gasteiger partial charge on any atom is -0.481 e. The number of amides is 2. The van der Waals surface area contributed by atoms with Crippen molar-refractivity contribution in [3.8, 4) is 11.1 Å². The maximum atomic E-state index is 13.1. The van der Waals surface area contributed by atoms with Gasteiger partial charge in [-0.05, 0) is 64.2 Å². The summed E-state index contributed by atoms with van der Waals surface area (Å²) in [4.78, 5) is 38.1. The van der Waals surface area contributed by atoms with E-state index in [1.54, 1.807) is 0 Å². The number of anilines is 1. The number of hydrogen-bond donors (Lipinski definition) is 3. The first-order valence-corrected chi connectivity index (χ1v) is 11.0. The summed E-state index contributed by atoms with van der Waals surface area (Å²) >= 11 is 1.29. The van der Waals surface area contributed by atoms with E-state index in [-0.39, 0.29) is 5.56 Å². The molecule has 7 heteroatoms. The topological polar surface area (TPSA) is 109 Å². The first-order chi connectivity index (χ1) is 14.5. The van der Waals surface area contributed by atoms with Crippen LogP contribution in [-0.2, 0) is 9.59 Å². The van der Waals surface area contributed by atoms with Crippen molar-refractivity contribution in [2.24, 2.45) is 17.6 Å². The number of carbonyl (C=O) groups excluding carboxylic acids is 2. The van der Waals surface area contributed by atoms with Crippen molar-refractivity contribution in [2.75, 3.05) is 5.32 Å². The second-order valence-electron chi connectivity index (χ2n) is 8.41. The van der Waals surface area contributed by atoms with Crippen molar-refractivity contribution in [2.45, 2.75) is 47.5 Å². The van der Waals surface area contributed by atoms with Crippen molar-refractivity contribution < 1.29 is 19.5 Å². The number of carboxylic acid groups (broad SMARTS) is 1. The van der Waals surface area contributed by atoms with Gasteiger partial charge in [-0.15, -0.1) is 11.3 Å². The Bertz CT molecular complexity index is 1110. The Hall–Kier alpha value is -2.93. The maximum absolute atomic E-state index is 13.1. The zero-order chi connectivity index (χ0) is 23.0. The van der Waals surface area contributed by atoms with Crippen LogP contribution in [0.2, 0.25) is 0 Å². The number of allylic oxidation sites excluding steroid dienone is 2. The molecule has 2 atom stereocenters. The first-order valence-electron chi connectivity index (χ1n) is 10.2. The Morgan fingerprint density at radius 1 is 1.00 bits per heavy atom. The molecule has 164 valence electrons. The summed E-state index contributed by atoms with van der Waals surface area (Å²) in [6.07, 6.45) is 0.730. The average Bonchev–Trinajstić information content (AvgIpc) is 3.01. The summed E-state index contributed by atoms with van der Waals surface area (Å²) in [5, 5.41) is 12.8. The molecule has 0 fully saturated rings. The van der Waals surface area contributed by atoms with Gasteiger partial charge < -0.3 is 16.2 Å². The fraction of sp³-hybridized carbons (Fsp3) is 0.375. The molecular formula is C24H28N2O4S. The van der Waals surface area contributed by atoms with E-state index in [1.807, 2.05) is 52.8 Å². The van der Waals surface area contributed by atoms with E-state index in [4.69, 9.17) is 5.73 Å². The van der Waals surface area contributed by atoms with Crippen molar-refractivity contribution >= 4 is 34.1 Å². The molecule has 0 saturated heterocycles. The predicted molar refractivity (Wildman–Crippen MR) is 123 cm³/mol. The zero-order valence-electron chi connectivity index (χ0n) is 18.5. The number of rotatable bonds is 5. The number of aryl methyl sites for hydroxylation is 3. The molecule has 0 spiro atoms. The molecule has 2 aromatic rings. The van der Waals surface area contributed by atoms with E-state index in [1.165, 1.54) is 11.3 Å². The molecule has 3 rings (SSSR count). The Kier molecular flexibility index (Phi) is 6.36. The predicted octanol–water partition coefficient (Wildman–Crippen LogP) is 4.82. The normalized spacial score (nSPS) is 18.7. The summed E-state index contributed by atoms with van der Waals surface area (Å²) in [7, 11) is 0. The number of benzene rings is 1. The highest BCUT2D eigenvalue weighted by Crippen LogP contribution is 2.41. The SMILES string of the molecule is CC1=C(C)C[C@@H](C(=O)Nc2sc(C)c(-c3ccc(C)c(C)c3)c2C(N)=O)[C@H](C(=O)O)C1. The Morgan fingerprint density at radius 3 is 2.16 bits per heavy atom. The number of thiophene rings is 1. The molecule has 1 heterocycles. The fourth-order valence-electron chi connectivity index (χ4n) is 4.14. The van der Waals surface area contributed by atoms with Gasteiger partial charge in [0, 0.05) is 10.4 Å². The van der Waals surface area contributed by atoms with E-state index in [9.17, 15) is 19.5 Å². The first kappa shape index (κ1) is 22.7. The van der Waals surface area contributed by atoms with Gasteiger partial charge in [-0.25, -0.2) is 0 Å². The summed E-state index contributed by atoms with van der Waals surface area (Å²) < 4.78 is 0. The molecular weight excluding hydrogens is 412 g/mol. The van der Waals surface area contributed by atoms with Gasteiger partial charge in [0.15, 0.2) is 0 Å². The lowest BCUT2D eigenvalue weighted by atomic mass is 9.76. The third kappa shape index (κ3) is 4.42. The quantitative estimate of drug-likeness (QED) is 0.579. The number of nitrogens with one attached hydrogen (secondary N) is 1. The highest BCUT2D eigenvalue weighted by Gasteiger charge is 2.38. The van der Waals surface area contributed by atoms with Crippen LogP contribution in [-0.4, -0.2) is 22.9 Å². The molecule has 0 unspecified atom stereocenters. The Morgan fingerprint density at radius 2 is 1.61 bits per heavy atom. The fourth-order valence-corrected chi connectivity index (χ4v) is 5.23. The van der Waals surface area contributed by atoms with Gasteiger partial charge in [-0.3, -0.25) is 14.4 Å². The molecule has 1 aromatic carbocycles. The Labute approximate surface area is 186 Å². The average molecular weight is 441 g/mol. The summed E-state index contributed by atoms with van der Waals surface area (Å²) in [5.41, 5.74) is 11.8. The van der Waals surface area contributed by atoms with Gasteiger partial charge in [-0.1, -0.05) is 29.3 Å². The molecule has 2 amide bonds. The minimum atomic E-state index is -0.986. The van der Waals surface area contributed by atoms with Gasteiger partial charge in [0.25, 0.3) is 5.91 Å². The molecule has 1 aliphatic carbocycles. The minimum absolute atomic E-state index is 0.269. The van der Waals surface area contributed by atoms with E-state index in [0.717, 1.165) is 32.7 Å². The maximum Gasteiger partial charge on any atom is 0.307 e. The molecule has 1 aromatic heterocycles. The van der Waals surface area contributed by atoms with E-state index < -0.39 is 29.6 Å². The number of primary amides is 1. The lowest BCUT2D eigenvalue weighted by molar-refractivity contribution is -0.146. The van der Waals surface area contributed by atoms with Crippen LogP contribution in [0.3, 0.4) is 0 Å². The third-order valence-electron chi connectivity index (χ3n) is 6.28. The van der Waals surface area contributed by atoms with Gasteiger partial charge in [0.1, 0.15) is 5.00 Å². The van der Waals surface area contributed by atoms with Crippen LogP contribution in [0.25, 0.3) is 11.1 Å². The van der Waals surface area contributed by atoms with Crippen molar-refractivity contribution in [1.82, 2.24) is 0 Å². The smallest absolute Gasteiger partial charge is 0.307 e. The van der Waals surface area contributed by atoms with Gasteiger partial charge in [0.2, 0.25) is 5.91 Å².